The molecule has 1 radical (unpaired) electrons. The monoisotopic (exact) mass is 497 g/mol. The molecule has 0 saturated heterocycles. The van der Waals surface area contributed by atoms with Crippen LogP contribution in [0.2, 0.25) is 11.5 Å². The van der Waals surface area contributed by atoms with Gasteiger partial charge >= 0.3 is 202 Å². The Morgan fingerprint density at radius 1 is 0.719 bits per heavy atom. The van der Waals surface area contributed by atoms with Crippen molar-refractivity contribution in [1.29, 1.82) is 0 Å². The van der Waals surface area contributed by atoms with Crippen molar-refractivity contribution in [1.82, 2.24) is 0 Å². The molecule has 1 aliphatic heterocycles. The van der Waals surface area contributed by atoms with Crippen LogP contribution in [0.3, 0.4) is 0 Å². The number of benzene rings is 2. The van der Waals surface area contributed by atoms with Crippen LogP contribution in [-0.4, -0.2) is 14.7 Å². The van der Waals surface area contributed by atoms with Crippen LogP contribution in [0.25, 0.3) is 11.1 Å². The zero-order chi connectivity index (χ0) is 24.4. The Hall–Kier alpha value is -1.42. The second-order valence-electron chi connectivity index (χ2n) is 13.2. The van der Waals surface area contributed by atoms with Gasteiger partial charge in [-0.3, -0.25) is 0 Å². The van der Waals surface area contributed by atoms with Gasteiger partial charge in [-0.1, -0.05) is 0 Å². The molecule has 32 heavy (non-hydrogen) atoms. The summed E-state index contributed by atoms with van der Waals surface area (Å²) in [6.07, 6.45) is 0. The van der Waals surface area contributed by atoms with Gasteiger partial charge in [0.25, 0.3) is 0 Å². The molecular weight excluding hydrogens is 453 g/mol. The van der Waals surface area contributed by atoms with E-state index in [1.807, 2.05) is 0 Å². The standard InChI is InChI=1S/C29H43GeO2/c1-26(2,3)18-15-21(25(32-30(12)13)22(16-18)28(7,8)9)20-14-19(27(4,5)6)17-23-24(20)31-29(23,10)11/h14-17H,1-13H3. The topological polar surface area (TPSA) is 18.5 Å². The Bertz CT molecular complexity index is 1030. The summed E-state index contributed by atoms with van der Waals surface area (Å²) in [5.74, 6) is 6.63. The van der Waals surface area contributed by atoms with Crippen molar-refractivity contribution in [3.05, 3.63) is 46.5 Å². The average molecular weight is 496 g/mol. The van der Waals surface area contributed by atoms with Gasteiger partial charge in [-0.05, 0) is 0 Å². The van der Waals surface area contributed by atoms with Crippen LogP contribution in [0.15, 0.2) is 24.3 Å². The van der Waals surface area contributed by atoms with Crippen LogP contribution < -0.4 is 8.50 Å². The molecule has 3 rings (SSSR count). The van der Waals surface area contributed by atoms with E-state index in [0.717, 1.165) is 11.5 Å². The molecule has 0 amide bonds. The third-order valence-electron chi connectivity index (χ3n) is 6.32. The van der Waals surface area contributed by atoms with Crippen LogP contribution in [0.4, 0.5) is 0 Å². The molecule has 175 valence electrons. The molecule has 0 aliphatic carbocycles. The predicted octanol–water partition coefficient (Wildman–Crippen LogP) is 8.50. The molecule has 1 aliphatic rings. The predicted molar refractivity (Wildman–Crippen MR) is 140 cm³/mol. The van der Waals surface area contributed by atoms with Crippen molar-refractivity contribution >= 4 is 14.7 Å². The minimum atomic E-state index is -1.61. The number of ether oxygens (including phenoxy) is 1. The van der Waals surface area contributed by atoms with E-state index in [1.165, 1.54) is 33.4 Å². The van der Waals surface area contributed by atoms with Crippen LogP contribution in [0.5, 0.6) is 11.5 Å². The third kappa shape index (κ3) is 4.76. The van der Waals surface area contributed by atoms with Gasteiger partial charge in [0.1, 0.15) is 0 Å². The van der Waals surface area contributed by atoms with Gasteiger partial charge in [0.05, 0.1) is 0 Å². The minimum absolute atomic E-state index is 0.0199. The molecule has 2 aromatic rings. The molecule has 0 spiro atoms. The van der Waals surface area contributed by atoms with Gasteiger partial charge < -0.3 is 0 Å². The zero-order valence-corrected chi connectivity index (χ0v) is 24.7. The van der Waals surface area contributed by atoms with E-state index in [2.05, 4.69) is 112 Å². The molecule has 2 aromatic carbocycles. The van der Waals surface area contributed by atoms with Gasteiger partial charge in [-0.15, -0.1) is 0 Å². The van der Waals surface area contributed by atoms with Crippen molar-refractivity contribution in [2.24, 2.45) is 0 Å². The summed E-state index contributed by atoms with van der Waals surface area (Å²) >= 11 is -1.61. The first-order chi connectivity index (χ1) is 14.3. The van der Waals surface area contributed by atoms with Crippen LogP contribution >= 0.6 is 0 Å². The van der Waals surface area contributed by atoms with Gasteiger partial charge in [-0.25, -0.2) is 0 Å². The van der Waals surface area contributed by atoms with Crippen molar-refractivity contribution in [3.8, 4) is 22.6 Å². The molecule has 3 heteroatoms. The maximum absolute atomic E-state index is 6.73. The van der Waals surface area contributed by atoms with Crippen LogP contribution in [0.1, 0.15) is 98.4 Å². The fourth-order valence-corrected chi connectivity index (χ4v) is 5.53. The van der Waals surface area contributed by atoms with Gasteiger partial charge in [0.15, 0.2) is 0 Å². The summed E-state index contributed by atoms with van der Waals surface area (Å²) in [4.78, 5) is 0. The molecule has 0 aromatic heterocycles. The molecule has 0 unspecified atom stereocenters. The fourth-order valence-electron chi connectivity index (χ4n) is 4.22. The summed E-state index contributed by atoms with van der Waals surface area (Å²) in [6, 6.07) is 9.44. The number of hydrogen-bond acceptors (Lipinski definition) is 2. The van der Waals surface area contributed by atoms with Crippen molar-refractivity contribution in [3.63, 3.8) is 0 Å². The SMILES string of the molecule is [CH3][Ge]([CH3])[O]c1c(-c2cc(C(C)(C)C)cc3c2OC3(C)C)cc(C(C)(C)C)cc1C(C)(C)C. The molecule has 0 atom stereocenters. The van der Waals surface area contributed by atoms with E-state index in [-0.39, 0.29) is 21.8 Å². The second-order valence-corrected chi connectivity index (χ2v) is 17.4. The van der Waals surface area contributed by atoms with Crippen LogP contribution in [0, 0.1) is 0 Å². The summed E-state index contributed by atoms with van der Waals surface area (Å²) in [7, 11) is 0. The third-order valence-corrected chi connectivity index (χ3v) is 7.60. The maximum atomic E-state index is 6.73. The Balaban J connectivity index is 2.45. The number of fused-ring (bicyclic) bond motifs is 1. The fraction of sp³-hybridized carbons (Fsp3) is 0.586. The zero-order valence-electron chi connectivity index (χ0n) is 22.6. The van der Waals surface area contributed by atoms with E-state index in [9.17, 15) is 0 Å². The normalized spacial score (nSPS) is 15.8. The molecule has 0 N–H and O–H groups in total. The van der Waals surface area contributed by atoms with Crippen molar-refractivity contribution in [2.45, 2.75) is 110 Å². The van der Waals surface area contributed by atoms with E-state index >= 15 is 0 Å². The quantitative estimate of drug-likeness (QED) is 0.397. The van der Waals surface area contributed by atoms with E-state index in [4.69, 9.17) is 8.50 Å². The molecule has 0 bridgehead atoms. The number of rotatable bonds is 3. The summed E-state index contributed by atoms with van der Waals surface area (Å²) in [5, 5.41) is 0. The van der Waals surface area contributed by atoms with Gasteiger partial charge in [-0.2, -0.15) is 0 Å². The molecule has 0 saturated carbocycles. The summed E-state index contributed by atoms with van der Waals surface area (Å²) in [5.41, 5.74) is 7.47. The Morgan fingerprint density at radius 2 is 1.22 bits per heavy atom. The Morgan fingerprint density at radius 3 is 1.66 bits per heavy atom. The Kier molecular flexibility index (Phi) is 6.16. The van der Waals surface area contributed by atoms with Gasteiger partial charge in [0.2, 0.25) is 0 Å². The number of hydrogen-bond donors (Lipinski definition) is 0. The average Bonchev–Trinajstić information content (AvgIpc) is 2.57. The van der Waals surface area contributed by atoms with Gasteiger partial charge in [0, 0.05) is 0 Å². The summed E-state index contributed by atoms with van der Waals surface area (Å²) in [6.45, 7) is 24.9. The Labute approximate surface area is 201 Å². The molecule has 2 nitrogen and oxygen atoms in total. The van der Waals surface area contributed by atoms with Crippen molar-refractivity contribution < 1.29 is 8.50 Å². The summed E-state index contributed by atoms with van der Waals surface area (Å²) < 4.78 is 13.1. The van der Waals surface area contributed by atoms with E-state index in [0.29, 0.717) is 0 Å². The molecular formula is C29H43GeO2. The first-order valence-corrected chi connectivity index (χ1v) is 16.9. The van der Waals surface area contributed by atoms with Crippen LogP contribution in [-0.2, 0) is 21.8 Å². The second kappa shape index (κ2) is 7.82. The van der Waals surface area contributed by atoms with Crippen molar-refractivity contribution in [2.75, 3.05) is 0 Å². The van der Waals surface area contributed by atoms with E-state index < -0.39 is 14.7 Å². The van der Waals surface area contributed by atoms with E-state index in [1.54, 1.807) is 0 Å². The molecule has 1 heterocycles. The first kappa shape index (κ1) is 25.2. The first-order valence-electron chi connectivity index (χ1n) is 11.9. The molecule has 0 fully saturated rings.